The van der Waals surface area contributed by atoms with Crippen LogP contribution in [0, 0.1) is 6.92 Å². The maximum Gasteiger partial charge on any atom is 0.252 e. The lowest BCUT2D eigenvalue weighted by Crippen LogP contribution is -2.36. The van der Waals surface area contributed by atoms with Crippen LogP contribution in [0.25, 0.3) is 11.1 Å². The van der Waals surface area contributed by atoms with Crippen molar-refractivity contribution in [1.82, 2.24) is 19.9 Å². The minimum atomic E-state index is -0.0183. The molecule has 3 heterocycles. The lowest BCUT2D eigenvalue weighted by molar-refractivity contribution is -0.122. The predicted octanol–water partition coefficient (Wildman–Crippen LogP) is 4.39. The van der Waals surface area contributed by atoms with Gasteiger partial charge in [-0.2, -0.15) is 0 Å². The van der Waals surface area contributed by atoms with Crippen molar-refractivity contribution in [3.63, 3.8) is 0 Å². The van der Waals surface area contributed by atoms with E-state index in [-0.39, 0.29) is 12.5 Å². The van der Waals surface area contributed by atoms with Crippen molar-refractivity contribution in [1.29, 1.82) is 0 Å². The largest absolute Gasteiger partial charge is 0.449 e. The number of ether oxygens (including phenoxy) is 1. The van der Waals surface area contributed by atoms with Crippen LogP contribution in [-0.2, 0) is 22.6 Å². The van der Waals surface area contributed by atoms with Gasteiger partial charge in [0.2, 0.25) is 0 Å². The second kappa shape index (κ2) is 11.9. The van der Waals surface area contributed by atoms with Crippen molar-refractivity contribution in [2.24, 2.45) is 0 Å². The van der Waals surface area contributed by atoms with Crippen molar-refractivity contribution < 1.29 is 13.9 Å². The molecular formula is C26H33N5O3. The first-order valence-electron chi connectivity index (χ1n) is 11.9. The Hall–Kier alpha value is -3.10. The monoisotopic (exact) mass is 463 g/mol. The van der Waals surface area contributed by atoms with Gasteiger partial charge in [0, 0.05) is 57.3 Å². The highest BCUT2D eigenvalue weighted by Gasteiger charge is 2.21. The first-order valence-corrected chi connectivity index (χ1v) is 11.9. The molecule has 1 amide bonds. The molecule has 34 heavy (non-hydrogen) atoms. The van der Waals surface area contributed by atoms with E-state index in [4.69, 9.17) is 9.15 Å². The Labute approximate surface area is 201 Å². The molecule has 0 fully saturated rings. The van der Waals surface area contributed by atoms with Crippen molar-refractivity contribution in [2.45, 2.75) is 52.1 Å². The van der Waals surface area contributed by atoms with Crippen molar-refractivity contribution >= 4 is 11.6 Å². The maximum absolute atomic E-state index is 13.1. The lowest BCUT2D eigenvalue weighted by atomic mass is 10.0. The van der Waals surface area contributed by atoms with E-state index in [2.05, 4.69) is 32.0 Å². The van der Waals surface area contributed by atoms with Gasteiger partial charge in [-0.3, -0.25) is 9.69 Å². The third kappa shape index (κ3) is 6.27. The van der Waals surface area contributed by atoms with Gasteiger partial charge in [0.15, 0.2) is 5.89 Å². The predicted molar refractivity (Wildman–Crippen MR) is 130 cm³/mol. The Morgan fingerprint density at radius 1 is 1.06 bits per heavy atom. The summed E-state index contributed by atoms with van der Waals surface area (Å²) in [6, 6.07) is 6.26. The molecule has 8 nitrogen and oxygen atoms in total. The van der Waals surface area contributed by atoms with E-state index in [1.165, 1.54) is 19.2 Å². The van der Waals surface area contributed by atoms with E-state index in [9.17, 15) is 4.79 Å². The van der Waals surface area contributed by atoms with Gasteiger partial charge in [-0.05, 0) is 42.6 Å². The SMILES string of the molecule is COCC(=O)N1CCCCCCCN(Cc2coc(C)n2)Cc2cc(-c3cncnc3)ccc21. The molecule has 8 heteroatoms. The second-order valence-corrected chi connectivity index (χ2v) is 8.79. The summed E-state index contributed by atoms with van der Waals surface area (Å²) in [5, 5.41) is 0. The van der Waals surface area contributed by atoms with Gasteiger partial charge in [-0.1, -0.05) is 25.3 Å². The van der Waals surface area contributed by atoms with E-state index >= 15 is 0 Å². The van der Waals surface area contributed by atoms with Crippen LogP contribution in [-0.4, -0.2) is 52.6 Å². The normalized spacial score (nSPS) is 15.9. The van der Waals surface area contributed by atoms with E-state index in [0.717, 1.165) is 53.9 Å². The Balaban J connectivity index is 1.73. The molecule has 0 bridgehead atoms. The zero-order valence-electron chi connectivity index (χ0n) is 20.1. The number of rotatable bonds is 5. The number of methoxy groups -OCH3 is 1. The smallest absolute Gasteiger partial charge is 0.252 e. The molecule has 1 aromatic carbocycles. The summed E-state index contributed by atoms with van der Waals surface area (Å²) in [7, 11) is 1.56. The number of hydrogen-bond donors (Lipinski definition) is 0. The fourth-order valence-corrected chi connectivity index (χ4v) is 4.48. The molecule has 1 aliphatic rings. The average molecular weight is 464 g/mol. The van der Waals surface area contributed by atoms with Gasteiger partial charge in [-0.25, -0.2) is 15.0 Å². The summed E-state index contributed by atoms with van der Waals surface area (Å²) in [6.07, 6.45) is 12.5. The third-order valence-electron chi connectivity index (χ3n) is 6.14. The first-order chi connectivity index (χ1) is 16.6. The lowest BCUT2D eigenvalue weighted by Gasteiger charge is -2.29. The molecule has 0 radical (unpaired) electrons. The van der Waals surface area contributed by atoms with Gasteiger partial charge >= 0.3 is 0 Å². The van der Waals surface area contributed by atoms with Gasteiger partial charge < -0.3 is 14.1 Å². The Morgan fingerprint density at radius 2 is 1.82 bits per heavy atom. The quantitative estimate of drug-likeness (QED) is 0.555. The molecule has 2 aromatic heterocycles. The van der Waals surface area contributed by atoms with Crippen LogP contribution >= 0.6 is 0 Å². The molecule has 0 unspecified atom stereocenters. The number of amides is 1. The van der Waals surface area contributed by atoms with Gasteiger partial charge in [-0.15, -0.1) is 0 Å². The molecule has 0 saturated heterocycles. The van der Waals surface area contributed by atoms with E-state index in [1.54, 1.807) is 13.4 Å². The molecule has 0 atom stereocenters. The molecule has 3 aromatic rings. The molecule has 0 saturated carbocycles. The highest BCUT2D eigenvalue weighted by Crippen LogP contribution is 2.30. The highest BCUT2D eigenvalue weighted by atomic mass is 16.5. The summed E-state index contributed by atoms with van der Waals surface area (Å²) >= 11 is 0. The molecule has 0 spiro atoms. The van der Waals surface area contributed by atoms with E-state index in [0.29, 0.717) is 25.5 Å². The van der Waals surface area contributed by atoms with E-state index < -0.39 is 0 Å². The molecule has 4 rings (SSSR count). The fourth-order valence-electron chi connectivity index (χ4n) is 4.48. The van der Waals surface area contributed by atoms with Crippen LogP contribution in [0.4, 0.5) is 5.69 Å². The second-order valence-electron chi connectivity index (χ2n) is 8.79. The first kappa shape index (κ1) is 24.0. The summed E-state index contributed by atoms with van der Waals surface area (Å²) in [4.78, 5) is 30.2. The number of aryl methyl sites for hydroxylation is 1. The number of oxazole rings is 1. The number of benzene rings is 1. The molecule has 0 N–H and O–H groups in total. The Kier molecular flexibility index (Phi) is 8.38. The maximum atomic E-state index is 13.1. The van der Waals surface area contributed by atoms with Crippen LogP contribution in [0.15, 0.2) is 47.6 Å². The van der Waals surface area contributed by atoms with Crippen molar-refractivity contribution in [3.8, 4) is 11.1 Å². The fraction of sp³-hybridized carbons (Fsp3) is 0.462. The van der Waals surface area contributed by atoms with Gasteiger partial charge in [0.1, 0.15) is 19.2 Å². The number of fused-ring (bicyclic) bond motifs is 1. The third-order valence-corrected chi connectivity index (χ3v) is 6.14. The van der Waals surface area contributed by atoms with E-state index in [1.807, 2.05) is 30.3 Å². The van der Waals surface area contributed by atoms with Gasteiger partial charge in [0.25, 0.3) is 5.91 Å². The van der Waals surface area contributed by atoms with Crippen LogP contribution in [0.5, 0.6) is 0 Å². The molecular weight excluding hydrogens is 430 g/mol. The Bertz CT molecular complexity index is 1070. The van der Waals surface area contributed by atoms with Gasteiger partial charge in [0.05, 0.1) is 5.69 Å². The highest BCUT2D eigenvalue weighted by molar-refractivity contribution is 5.95. The standard InChI is InChI=1S/C26H33N5O3/c1-20-29-24(17-34-20)16-30-10-6-4-3-5-7-11-31(26(32)18-33-2)25-9-8-21(12-22(25)15-30)23-13-27-19-28-14-23/h8-9,12-14,17,19H,3-7,10-11,15-16,18H2,1-2H3. The molecule has 1 aliphatic heterocycles. The number of anilines is 1. The van der Waals surface area contributed by atoms with Crippen LogP contribution < -0.4 is 4.90 Å². The molecule has 0 aliphatic carbocycles. The van der Waals surface area contributed by atoms with Crippen molar-refractivity contribution in [2.75, 3.05) is 31.7 Å². The Morgan fingerprint density at radius 3 is 2.56 bits per heavy atom. The zero-order chi connectivity index (χ0) is 23.8. The topological polar surface area (TPSA) is 84.6 Å². The minimum Gasteiger partial charge on any atom is -0.449 e. The van der Waals surface area contributed by atoms with Crippen LogP contribution in [0.1, 0.15) is 49.3 Å². The zero-order valence-corrected chi connectivity index (χ0v) is 20.1. The number of aromatic nitrogens is 3. The van der Waals surface area contributed by atoms with Crippen LogP contribution in [0.2, 0.25) is 0 Å². The minimum absolute atomic E-state index is 0.0183. The summed E-state index contributed by atoms with van der Waals surface area (Å²) in [6.45, 7) is 4.96. The number of hydrogen-bond acceptors (Lipinski definition) is 7. The number of carbonyl (C=O) groups excluding carboxylic acids is 1. The average Bonchev–Trinajstić information content (AvgIpc) is 3.25. The molecule has 180 valence electrons. The summed E-state index contributed by atoms with van der Waals surface area (Å²) < 4.78 is 10.6. The van der Waals surface area contributed by atoms with Crippen LogP contribution in [0.3, 0.4) is 0 Å². The summed E-state index contributed by atoms with van der Waals surface area (Å²) in [5.74, 6) is 0.655. The van der Waals surface area contributed by atoms with Crippen molar-refractivity contribution in [3.05, 3.63) is 60.3 Å². The number of carbonyl (C=O) groups is 1. The summed E-state index contributed by atoms with van der Waals surface area (Å²) in [5.41, 5.74) is 4.93. The number of nitrogens with zero attached hydrogens (tertiary/aromatic N) is 5.